The predicted octanol–water partition coefficient (Wildman–Crippen LogP) is 2.44. The molecule has 37 heavy (non-hydrogen) atoms. The van der Waals surface area contributed by atoms with Crippen LogP contribution in [0.5, 0.6) is 11.9 Å². The number of aliphatic hydroxyl groups excluding tert-OH is 1. The second kappa shape index (κ2) is 10.3. The van der Waals surface area contributed by atoms with Gasteiger partial charge >= 0.3 is 0 Å². The number of pyridine rings is 1. The van der Waals surface area contributed by atoms with Crippen molar-refractivity contribution in [2.45, 2.75) is 51.0 Å². The zero-order valence-corrected chi connectivity index (χ0v) is 20.4. The molecule has 4 heterocycles. The minimum Gasteiger partial charge on any atom is -0.471 e. The van der Waals surface area contributed by atoms with E-state index in [-0.39, 0.29) is 47.4 Å². The van der Waals surface area contributed by atoms with E-state index >= 15 is 0 Å². The van der Waals surface area contributed by atoms with E-state index in [0.29, 0.717) is 5.52 Å². The first kappa shape index (κ1) is 25.5. The van der Waals surface area contributed by atoms with E-state index in [9.17, 15) is 18.7 Å². The first-order valence-corrected chi connectivity index (χ1v) is 11.8. The van der Waals surface area contributed by atoms with Crippen LogP contribution in [-0.4, -0.2) is 69.7 Å². The molecule has 5 rings (SSSR count). The molecule has 2 fully saturated rings. The van der Waals surface area contributed by atoms with Gasteiger partial charge in [-0.3, -0.25) is 9.63 Å². The molecule has 1 aromatic carbocycles. The van der Waals surface area contributed by atoms with Crippen LogP contribution >= 0.6 is 11.6 Å². The number of imidazole rings is 1. The SMILES string of the molecule is CC(C)ONC(=O)c1cc(F)c(COc2nc3nc(O[C@@H]4COC5[C@H](O)CO[C@@H]54)[nH]c3cc2Cl)c(F)c1. The number of aromatic amines is 1. The normalized spacial score (nSPS) is 23.0. The molecule has 0 aliphatic carbocycles. The molecule has 198 valence electrons. The number of nitrogens with one attached hydrogen (secondary N) is 2. The van der Waals surface area contributed by atoms with Crippen molar-refractivity contribution < 1.29 is 42.5 Å². The maximum Gasteiger partial charge on any atom is 0.296 e. The number of fused-ring (bicyclic) bond motifs is 2. The molecule has 2 aliphatic rings. The summed E-state index contributed by atoms with van der Waals surface area (Å²) in [6, 6.07) is 3.36. The van der Waals surface area contributed by atoms with Crippen molar-refractivity contribution in [2.24, 2.45) is 0 Å². The Hall–Kier alpha value is -3.10. The third-order valence-electron chi connectivity index (χ3n) is 5.76. The van der Waals surface area contributed by atoms with Gasteiger partial charge in [0.05, 0.1) is 30.4 Å². The van der Waals surface area contributed by atoms with Crippen molar-refractivity contribution in [2.75, 3.05) is 13.2 Å². The van der Waals surface area contributed by atoms with Gasteiger partial charge in [-0.1, -0.05) is 11.6 Å². The lowest BCUT2D eigenvalue weighted by Crippen LogP contribution is -2.34. The van der Waals surface area contributed by atoms with Crippen molar-refractivity contribution in [1.29, 1.82) is 0 Å². The lowest BCUT2D eigenvalue weighted by Gasteiger charge is -2.15. The third kappa shape index (κ3) is 5.31. The maximum absolute atomic E-state index is 14.6. The predicted molar refractivity (Wildman–Crippen MR) is 123 cm³/mol. The number of nitrogens with zero attached hydrogens (tertiary/aromatic N) is 2. The highest BCUT2D eigenvalue weighted by Crippen LogP contribution is 2.31. The van der Waals surface area contributed by atoms with Gasteiger partial charge in [-0.25, -0.2) is 14.3 Å². The molecule has 2 saturated heterocycles. The van der Waals surface area contributed by atoms with Crippen LogP contribution in [-0.2, 0) is 20.9 Å². The van der Waals surface area contributed by atoms with Crippen LogP contribution in [0, 0.1) is 11.6 Å². The molecule has 0 radical (unpaired) electrons. The fraction of sp³-hybridized carbons (Fsp3) is 0.435. The Kier molecular flexibility index (Phi) is 7.14. The summed E-state index contributed by atoms with van der Waals surface area (Å²) in [5.41, 5.74) is 2.07. The number of carbonyl (C=O) groups is 1. The smallest absolute Gasteiger partial charge is 0.296 e. The summed E-state index contributed by atoms with van der Waals surface area (Å²) < 4.78 is 51.5. The second-order valence-electron chi connectivity index (χ2n) is 8.81. The van der Waals surface area contributed by atoms with Crippen LogP contribution in [0.15, 0.2) is 18.2 Å². The monoisotopic (exact) mass is 540 g/mol. The van der Waals surface area contributed by atoms with Gasteiger partial charge in [-0.15, -0.1) is 0 Å². The highest BCUT2D eigenvalue weighted by atomic mass is 35.5. The fourth-order valence-corrected chi connectivity index (χ4v) is 4.17. The lowest BCUT2D eigenvalue weighted by atomic mass is 10.1. The summed E-state index contributed by atoms with van der Waals surface area (Å²) in [6.45, 7) is 3.21. The highest BCUT2D eigenvalue weighted by molar-refractivity contribution is 6.32. The number of hydroxylamine groups is 1. The Morgan fingerprint density at radius 1 is 1.22 bits per heavy atom. The fourth-order valence-electron chi connectivity index (χ4n) is 3.97. The van der Waals surface area contributed by atoms with Crippen LogP contribution in [0.2, 0.25) is 5.02 Å². The lowest BCUT2D eigenvalue weighted by molar-refractivity contribution is 0.000141. The molecule has 3 aromatic rings. The van der Waals surface area contributed by atoms with E-state index in [2.05, 4.69) is 20.4 Å². The molecule has 11 nitrogen and oxygen atoms in total. The first-order chi connectivity index (χ1) is 17.7. The number of benzene rings is 1. The molecule has 2 aromatic heterocycles. The zero-order chi connectivity index (χ0) is 26.3. The first-order valence-electron chi connectivity index (χ1n) is 11.4. The van der Waals surface area contributed by atoms with Crippen LogP contribution in [0.1, 0.15) is 29.8 Å². The second-order valence-corrected chi connectivity index (χ2v) is 9.22. The maximum atomic E-state index is 14.6. The molecule has 0 spiro atoms. The van der Waals surface area contributed by atoms with Gasteiger partial charge in [0.15, 0.2) is 11.8 Å². The largest absolute Gasteiger partial charge is 0.471 e. The van der Waals surface area contributed by atoms with Gasteiger partial charge in [0.1, 0.15) is 41.6 Å². The zero-order valence-electron chi connectivity index (χ0n) is 19.7. The van der Waals surface area contributed by atoms with Gasteiger partial charge in [-0.05, 0) is 32.0 Å². The van der Waals surface area contributed by atoms with E-state index in [4.69, 9.17) is 35.4 Å². The third-order valence-corrected chi connectivity index (χ3v) is 6.03. The van der Waals surface area contributed by atoms with Crippen molar-refractivity contribution >= 4 is 28.7 Å². The number of H-pyrrole nitrogens is 1. The summed E-state index contributed by atoms with van der Waals surface area (Å²) in [5, 5.41) is 9.93. The Balaban J connectivity index is 1.27. The summed E-state index contributed by atoms with van der Waals surface area (Å²) in [4.78, 5) is 28.4. The molecule has 4 atom stereocenters. The van der Waals surface area contributed by atoms with E-state index in [0.717, 1.165) is 12.1 Å². The van der Waals surface area contributed by atoms with E-state index in [1.54, 1.807) is 13.8 Å². The molecule has 1 amide bonds. The average Bonchev–Trinajstić information content (AvgIpc) is 3.53. The van der Waals surface area contributed by atoms with Gasteiger partial charge < -0.3 is 29.0 Å². The van der Waals surface area contributed by atoms with Gasteiger partial charge in [-0.2, -0.15) is 9.97 Å². The Morgan fingerprint density at radius 3 is 2.68 bits per heavy atom. The van der Waals surface area contributed by atoms with Gasteiger partial charge in [0.2, 0.25) is 5.88 Å². The number of carbonyl (C=O) groups excluding carboxylic acids is 1. The molecule has 2 aliphatic heterocycles. The number of ether oxygens (including phenoxy) is 4. The minimum absolute atomic E-state index is 0.0665. The number of hydrogen-bond donors (Lipinski definition) is 3. The number of hydrogen-bond acceptors (Lipinski definition) is 9. The molecular weight excluding hydrogens is 518 g/mol. The Labute approximate surface area is 213 Å². The molecule has 0 bridgehead atoms. The Bertz CT molecular complexity index is 1300. The van der Waals surface area contributed by atoms with Gasteiger partial charge in [0, 0.05) is 5.56 Å². The highest BCUT2D eigenvalue weighted by Gasteiger charge is 2.48. The molecular formula is C23H23ClF2N4O7. The summed E-state index contributed by atoms with van der Waals surface area (Å²) in [6.07, 6.45) is -2.39. The van der Waals surface area contributed by atoms with Crippen molar-refractivity contribution in [3.63, 3.8) is 0 Å². The van der Waals surface area contributed by atoms with Crippen molar-refractivity contribution in [3.8, 4) is 11.9 Å². The number of halogens is 3. The number of aliphatic hydroxyl groups is 1. The Morgan fingerprint density at radius 2 is 1.95 bits per heavy atom. The number of amides is 1. The van der Waals surface area contributed by atoms with E-state index in [1.165, 1.54) is 6.07 Å². The van der Waals surface area contributed by atoms with Crippen molar-refractivity contribution in [1.82, 2.24) is 20.4 Å². The number of rotatable bonds is 8. The summed E-state index contributed by atoms with van der Waals surface area (Å²) >= 11 is 6.25. The standard InChI is InChI=1S/C23H23ClF2N4O7/c1-9(2)37-30-21(32)10-3-13(25)11(14(26)4-10)6-35-22-12(24)5-15-20(28-22)29-23(27-15)36-17-8-34-18-16(31)7-33-19(17)18/h3-5,9,16-19,31H,6-8H2,1-2H3,(H,30,32)(H,27,28,29)/t16-,17-,18?,19-/m1/s1. The van der Waals surface area contributed by atoms with E-state index < -0.39 is 54.1 Å². The molecule has 3 N–H and O–H groups in total. The topological polar surface area (TPSA) is 137 Å². The quantitative estimate of drug-likeness (QED) is 0.368. The van der Waals surface area contributed by atoms with Crippen LogP contribution in [0.25, 0.3) is 11.2 Å². The minimum atomic E-state index is -0.987. The van der Waals surface area contributed by atoms with Crippen LogP contribution in [0.4, 0.5) is 8.78 Å². The van der Waals surface area contributed by atoms with E-state index in [1.807, 2.05) is 0 Å². The summed E-state index contributed by atoms with van der Waals surface area (Å²) in [5.74, 6) is -2.87. The van der Waals surface area contributed by atoms with Gasteiger partial charge in [0.25, 0.3) is 11.9 Å². The van der Waals surface area contributed by atoms with Crippen LogP contribution < -0.4 is 15.0 Å². The molecule has 14 heteroatoms. The molecule has 0 saturated carbocycles. The van der Waals surface area contributed by atoms with Crippen molar-refractivity contribution in [3.05, 3.63) is 46.0 Å². The number of aromatic nitrogens is 3. The summed E-state index contributed by atoms with van der Waals surface area (Å²) in [7, 11) is 0. The van der Waals surface area contributed by atoms with Crippen LogP contribution in [0.3, 0.4) is 0 Å². The molecule has 1 unspecified atom stereocenters. The average molecular weight is 541 g/mol.